The van der Waals surface area contributed by atoms with Crippen molar-refractivity contribution in [2.45, 2.75) is 103 Å². The largest absolute Gasteiger partial charge is 0.508 e. The Kier molecular flexibility index (Phi) is 13.1. The summed E-state index contributed by atoms with van der Waals surface area (Å²) >= 11 is 0. The van der Waals surface area contributed by atoms with E-state index in [0.717, 1.165) is 43.7 Å². The highest BCUT2D eigenvalue weighted by Crippen LogP contribution is 2.43. The third-order valence-electron chi connectivity index (χ3n) is 13.1. The van der Waals surface area contributed by atoms with Crippen LogP contribution >= 0.6 is 0 Å². The Hall–Kier alpha value is -6.61. The zero-order valence-corrected chi connectivity index (χ0v) is 39.1. The summed E-state index contributed by atoms with van der Waals surface area (Å²) in [7, 11) is 1.38. The topological polar surface area (TPSA) is 231 Å². The van der Waals surface area contributed by atoms with Gasteiger partial charge in [0.05, 0.1) is 30.4 Å². The number of fused-ring (bicyclic) bond motifs is 6. The van der Waals surface area contributed by atoms with Gasteiger partial charge in [-0.3, -0.25) is 29.2 Å². The molecule has 67 heavy (non-hydrogen) atoms. The first-order valence-electron chi connectivity index (χ1n) is 22.5. The van der Waals surface area contributed by atoms with Crippen molar-refractivity contribution in [3.05, 3.63) is 84.7 Å². The lowest BCUT2D eigenvalue weighted by Gasteiger charge is -2.40. The molecule has 4 aromatic rings. The predicted octanol–water partition coefficient (Wildman–Crippen LogP) is 3.94. The standard InChI is InChI=1S/C50H60N8O9/c1-9-40(60)56-20-16-49(65,28-56)45(63)55(8)41(30(2)3)43(61)53-38-23-31-21-34(24-35(59)22-31)33-11-12-39-36(25-33)37(42(32-13-17-52-18-14-32)58(39)48(6,7)27-51)26-47(4,5)29-67-46(64)50(66)15-10-19-57(54-50)44(38)62/h9,11-14,17-18,21-22,24-25,30,38,41,54,59,65-66H,1,10,15-16,19-20,23,26,28-29H2,2-8H3,(H,53,61)/t38-,41-,49?,50-/m0/s1. The second-order valence-electron chi connectivity index (χ2n) is 19.8. The average molecular weight is 917 g/mol. The molecule has 7 rings (SSSR count). The number of hydrazine groups is 1. The molecule has 17 heteroatoms. The number of amides is 4. The lowest BCUT2D eigenvalue weighted by atomic mass is 9.84. The Labute approximate surface area is 390 Å². The van der Waals surface area contributed by atoms with Crippen LogP contribution in [0, 0.1) is 22.7 Å². The van der Waals surface area contributed by atoms with Crippen LogP contribution in [0.5, 0.6) is 5.75 Å². The third kappa shape index (κ3) is 9.51. The van der Waals surface area contributed by atoms with E-state index in [-0.39, 0.29) is 57.7 Å². The highest BCUT2D eigenvalue weighted by molar-refractivity contribution is 5.97. The summed E-state index contributed by atoms with van der Waals surface area (Å²) in [5.41, 5.74) is 1.59. The van der Waals surface area contributed by atoms with Gasteiger partial charge in [0, 0.05) is 68.2 Å². The number of rotatable bonds is 8. The number of cyclic esters (lactones) is 1. The van der Waals surface area contributed by atoms with Gasteiger partial charge >= 0.3 is 5.97 Å². The van der Waals surface area contributed by atoms with E-state index in [9.17, 15) is 44.6 Å². The molecule has 2 aromatic heterocycles. The minimum Gasteiger partial charge on any atom is -0.508 e. The number of likely N-dealkylation sites (N-methyl/N-ethyl adjacent to an activating group) is 1. The van der Waals surface area contributed by atoms with E-state index in [0.29, 0.717) is 23.1 Å². The summed E-state index contributed by atoms with van der Waals surface area (Å²) < 4.78 is 7.90. The first-order valence-corrected chi connectivity index (χ1v) is 22.5. The molecule has 4 amide bonds. The van der Waals surface area contributed by atoms with E-state index < -0.39 is 69.9 Å². The van der Waals surface area contributed by atoms with Crippen molar-refractivity contribution >= 4 is 40.5 Å². The van der Waals surface area contributed by atoms with Gasteiger partial charge < -0.3 is 39.7 Å². The fourth-order valence-corrected chi connectivity index (χ4v) is 9.71. The molecule has 0 radical (unpaired) electrons. The molecule has 354 valence electrons. The van der Waals surface area contributed by atoms with E-state index in [4.69, 9.17) is 4.74 Å². The molecule has 5 heterocycles. The third-order valence-corrected chi connectivity index (χ3v) is 13.1. The van der Waals surface area contributed by atoms with Gasteiger partial charge in [-0.2, -0.15) is 10.7 Å². The van der Waals surface area contributed by atoms with E-state index in [2.05, 4.69) is 28.4 Å². The van der Waals surface area contributed by atoms with Crippen LogP contribution in [-0.2, 0) is 47.1 Å². The molecule has 5 N–H and O–H groups in total. The number of nitriles is 1. The normalized spacial score (nSPS) is 22.7. The molecule has 6 bridgehead atoms. The number of carbonyl (C=O) groups is 5. The number of pyridine rings is 1. The molecule has 2 aromatic carbocycles. The number of aromatic nitrogens is 2. The summed E-state index contributed by atoms with van der Waals surface area (Å²) in [5.74, 6) is -4.32. The quantitative estimate of drug-likeness (QED) is 0.125. The number of β-amino-alcohol motifs (C(OH)–C–C–N with tert-alkyl or cyclic N) is 1. The van der Waals surface area contributed by atoms with E-state index in [1.807, 2.05) is 62.6 Å². The average Bonchev–Trinajstić information content (AvgIpc) is 3.85. The number of esters is 1. The monoisotopic (exact) mass is 916 g/mol. The maximum Gasteiger partial charge on any atom is 0.355 e. The van der Waals surface area contributed by atoms with Gasteiger partial charge in [-0.05, 0) is 97.3 Å². The first kappa shape index (κ1) is 48.3. The van der Waals surface area contributed by atoms with E-state index in [1.165, 1.54) is 18.0 Å². The number of carbonyl (C=O) groups excluding carboxylic acids is 5. The number of nitrogens with zero attached hydrogens (tertiary/aromatic N) is 6. The summed E-state index contributed by atoms with van der Waals surface area (Å²) in [5, 5.41) is 49.9. The molecule has 17 nitrogen and oxygen atoms in total. The zero-order chi connectivity index (χ0) is 48.8. The van der Waals surface area contributed by atoms with E-state index >= 15 is 0 Å². The van der Waals surface area contributed by atoms with Crippen molar-refractivity contribution in [1.82, 2.24) is 35.1 Å². The van der Waals surface area contributed by atoms with Gasteiger partial charge in [0.15, 0.2) is 5.60 Å². The maximum absolute atomic E-state index is 14.7. The van der Waals surface area contributed by atoms with Crippen molar-refractivity contribution in [2.75, 3.05) is 33.3 Å². The van der Waals surface area contributed by atoms with Crippen molar-refractivity contribution in [1.29, 1.82) is 5.26 Å². The molecule has 0 saturated carbocycles. The summed E-state index contributed by atoms with van der Waals surface area (Å²) in [6, 6.07) is 14.3. The Morgan fingerprint density at radius 2 is 1.76 bits per heavy atom. The van der Waals surface area contributed by atoms with Crippen LogP contribution in [0.3, 0.4) is 0 Å². The Balaban J connectivity index is 1.34. The van der Waals surface area contributed by atoms with Gasteiger partial charge in [-0.25, -0.2) is 4.79 Å². The minimum absolute atomic E-state index is 0.0488. The fourth-order valence-electron chi connectivity index (χ4n) is 9.71. The Morgan fingerprint density at radius 3 is 2.43 bits per heavy atom. The lowest BCUT2D eigenvalue weighted by molar-refractivity contribution is -0.189. The minimum atomic E-state index is -2.32. The van der Waals surface area contributed by atoms with Crippen molar-refractivity contribution in [3.8, 4) is 34.2 Å². The fraction of sp³-hybridized carbons (Fsp3) is 0.460. The number of benzene rings is 2. The number of nitrogens with one attached hydrogen (secondary N) is 2. The molecule has 2 fully saturated rings. The van der Waals surface area contributed by atoms with Gasteiger partial charge in [0.2, 0.25) is 17.5 Å². The number of aromatic hydroxyl groups is 1. The predicted molar refractivity (Wildman–Crippen MR) is 248 cm³/mol. The lowest BCUT2D eigenvalue weighted by Crippen LogP contribution is -2.67. The second kappa shape index (κ2) is 18.2. The first-order chi connectivity index (χ1) is 31.5. The molecule has 0 aliphatic carbocycles. The summed E-state index contributed by atoms with van der Waals surface area (Å²) in [4.78, 5) is 76.2. The zero-order valence-electron chi connectivity index (χ0n) is 39.1. The molecular formula is C50H60N8O9. The van der Waals surface area contributed by atoms with Crippen LogP contribution in [-0.4, -0.2) is 126 Å². The highest BCUT2D eigenvalue weighted by Gasteiger charge is 2.49. The SMILES string of the molecule is C=CC(=O)N1CCC(O)(C(=O)N(C)[C@H](C(=O)N[C@H]2Cc3cc(O)cc(c3)-c3ccc4c(c3)c(c(-c3ccncc3)n4C(C)(C)C#N)CC(C)(C)COC(=O)[C@@]3(O)CCCN(N3)C2=O)C(C)C)C1. The molecule has 2 saturated heterocycles. The van der Waals surface area contributed by atoms with Crippen molar-refractivity contribution in [3.63, 3.8) is 0 Å². The van der Waals surface area contributed by atoms with Gasteiger partial charge in [0.25, 0.3) is 11.8 Å². The Morgan fingerprint density at radius 1 is 1.04 bits per heavy atom. The molecule has 4 atom stereocenters. The molecule has 0 spiro atoms. The summed E-state index contributed by atoms with van der Waals surface area (Å²) in [6.45, 7) is 14.2. The van der Waals surface area contributed by atoms with Crippen molar-refractivity contribution < 1.29 is 44.0 Å². The van der Waals surface area contributed by atoms with Crippen molar-refractivity contribution in [2.24, 2.45) is 11.3 Å². The van der Waals surface area contributed by atoms with Crippen LogP contribution in [0.2, 0.25) is 0 Å². The number of likely N-dealkylation sites (tertiary alicyclic amines) is 1. The number of hydrogen-bond donors (Lipinski definition) is 5. The number of phenolic OH excluding ortho intramolecular Hbond substituents is 1. The van der Waals surface area contributed by atoms with Gasteiger partial charge in [-0.15, -0.1) is 0 Å². The van der Waals surface area contributed by atoms with Gasteiger partial charge in [0.1, 0.15) is 23.4 Å². The van der Waals surface area contributed by atoms with Crippen LogP contribution in [0.1, 0.15) is 71.9 Å². The molecule has 3 aliphatic heterocycles. The highest BCUT2D eigenvalue weighted by atomic mass is 16.6. The Bertz CT molecular complexity index is 2670. The smallest absolute Gasteiger partial charge is 0.355 e. The van der Waals surface area contributed by atoms with E-state index in [1.54, 1.807) is 38.4 Å². The molecular weight excluding hydrogens is 857 g/mol. The maximum atomic E-state index is 14.7. The number of aliphatic hydroxyl groups is 2. The molecule has 1 unspecified atom stereocenters. The number of hydrogen-bond acceptors (Lipinski definition) is 12. The second-order valence-corrected chi connectivity index (χ2v) is 19.8. The van der Waals surface area contributed by atoms with Crippen LogP contribution in [0.15, 0.2) is 73.6 Å². The van der Waals surface area contributed by atoms with Crippen LogP contribution in [0.25, 0.3) is 33.3 Å². The summed E-state index contributed by atoms with van der Waals surface area (Å²) in [6.07, 6.45) is 4.68. The number of ether oxygens (including phenoxy) is 1. The van der Waals surface area contributed by atoms with Crippen LogP contribution in [0.4, 0.5) is 0 Å². The number of phenols is 1. The van der Waals surface area contributed by atoms with Gasteiger partial charge in [-0.1, -0.05) is 46.4 Å². The molecule has 3 aliphatic rings. The van der Waals surface area contributed by atoms with Crippen LogP contribution < -0.4 is 10.7 Å².